The molecule has 0 radical (unpaired) electrons. The number of likely N-dealkylation sites (tertiary alicyclic amines) is 1. The summed E-state index contributed by atoms with van der Waals surface area (Å²) in [5, 5.41) is 0. The van der Waals surface area contributed by atoms with Crippen molar-refractivity contribution in [1.82, 2.24) is 9.62 Å². The Balaban J connectivity index is 1.75. The SMILES string of the molecule is CC(C)NS(=O)(=O)c1cccc(C(=O)N2CC[C@H]3CCCC[C@H]3C2)c1. The summed E-state index contributed by atoms with van der Waals surface area (Å²) in [5.41, 5.74) is 0.459. The fourth-order valence-corrected chi connectivity index (χ4v) is 5.44. The minimum atomic E-state index is -3.59. The summed E-state index contributed by atoms with van der Waals surface area (Å²) in [5.74, 6) is 1.33. The van der Waals surface area contributed by atoms with Crippen LogP contribution in [-0.4, -0.2) is 38.4 Å². The average Bonchev–Trinajstić information content (AvgIpc) is 2.60. The van der Waals surface area contributed by atoms with E-state index in [1.54, 1.807) is 26.0 Å². The molecule has 1 aromatic rings. The zero-order valence-corrected chi connectivity index (χ0v) is 15.9. The lowest BCUT2D eigenvalue weighted by molar-refractivity contribution is 0.0520. The van der Waals surface area contributed by atoms with E-state index in [2.05, 4.69) is 4.72 Å². The van der Waals surface area contributed by atoms with E-state index in [9.17, 15) is 13.2 Å². The highest BCUT2D eigenvalue weighted by Gasteiger charge is 2.33. The van der Waals surface area contributed by atoms with Crippen LogP contribution in [0.4, 0.5) is 0 Å². The van der Waals surface area contributed by atoms with Crippen molar-refractivity contribution in [1.29, 1.82) is 0 Å². The molecular weight excluding hydrogens is 336 g/mol. The molecule has 5 nitrogen and oxygen atoms in total. The zero-order chi connectivity index (χ0) is 18.0. The molecular formula is C19H28N2O3S. The van der Waals surface area contributed by atoms with Crippen molar-refractivity contribution in [2.24, 2.45) is 11.8 Å². The number of carbonyl (C=O) groups is 1. The largest absolute Gasteiger partial charge is 0.338 e. The van der Waals surface area contributed by atoms with Crippen molar-refractivity contribution in [2.75, 3.05) is 13.1 Å². The van der Waals surface area contributed by atoms with Crippen LogP contribution >= 0.6 is 0 Å². The number of benzene rings is 1. The van der Waals surface area contributed by atoms with Gasteiger partial charge in [-0.05, 0) is 56.7 Å². The van der Waals surface area contributed by atoms with Crippen LogP contribution in [0.15, 0.2) is 29.2 Å². The molecule has 1 aliphatic heterocycles. The lowest BCUT2D eigenvalue weighted by Gasteiger charge is -2.41. The third-order valence-electron chi connectivity index (χ3n) is 5.36. The van der Waals surface area contributed by atoms with Gasteiger partial charge in [0.1, 0.15) is 0 Å². The maximum absolute atomic E-state index is 12.9. The van der Waals surface area contributed by atoms with E-state index in [1.165, 1.54) is 37.8 Å². The molecule has 2 atom stereocenters. The van der Waals surface area contributed by atoms with E-state index in [-0.39, 0.29) is 16.8 Å². The van der Waals surface area contributed by atoms with Crippen molar-refractivity contribution in [3.8, 4) is 0 Å². The normalized spacial score (nSPS) is 24.2. The molecule has 1 amide bonds. The summed E-state index contributed by atoms with van der Waals surface area (Å²) in [4.78, 5) is 14.9. The molecule has 2 aliphatic rings. The summed E-state index contributed by atoms with van der Waals surface area (Å²) in [6.07, 6.45) is 6.15. The van der Waals surface area contributed by atoms with Crippen LogP contribution in [0.25, 0.3) is 0 Å². The molecule has 0 spiro atoms. The minimum Gasteiger partial charge on any atom is -0.338 e. The van der Waals surface area contributed by atoms with Gasteiger partial charge in [0, 0.05) is 24.7 Å². The monoisotopic (exact) mass is 364 g/mol. The lowest BCUT2D eigenvalue weighted by Crippen LogP contribution is -2.44. The van der Waals surface area contributed by atoms with Crippen LogP contribution in [0, 0.1) is 11.8 Å². The van der Waals surface area contributed by atoms with E-state index < -0.39 is 10.0 Å². The Morgan fingerprint density at radius 1 is 1.16 bits per heavy atom. The molecule has 2 fully saturated rings. The van der Waals surface area contributed by atoms with Gasteiger partial charge in [-0.3, -0.25) is 4.79 Å². The molecule has 1 heterocycles. The molecule has 1 saturated carbocycles. The Morgan fingerprint density at radius 2 is 1.88 bits per heavy atom. The Hall–Kier alpha value is -1.40. The first kappa shape index (κ1) is 18.4. The number of nitrogens with one attached hydrogen (secondary N) is 1. The molecule has 25 heavy (non-hydrogen) atoms. The Kier molecular flexibility index (Phi) is 5.49. The third kappa shape index (κ3) is 4.23. The second kappa shape index (κ2) is 7.46. The predicted molar refractivity (Wildman–Crippen MR) is 97.9 cm³/mol. The predicted octanol–water partition coefficient (Wildman–Crippen LogP) is 3.03. The van der Waals surface area contributed by atoms with Crippen molar-refractivity contribution in [3.05, 3.63) is 29.8 Å². The highest BCUT2D eigenvalue weighted by atomic mass is 32.2. The molecule has 0 bridgehead atoms. The quantitative estimate of drug-likeness (QED) is 0.893. The second-order valence-electron chi connectivity index (χ2n) is 7.65. The molecule has 0 aromatic heterocycles. The maximum Gasteiger partial charge on any atom is 0.253 e. The summed E-state index contributed by atoms with van der Waals surface area (Å²) < 4.78 is 27.3. The van der Waals surface area contributed by atoms with E-state index in [4.69, 9.17) is 0 Å². The van der Waals surface area contributed by atoms with Gasteiger partial charge in [0.15, 0.2) is 0 Å². The number of hydrogen-bond acceptors (Lipinski definition) is 3. The molecule has 0 unspecified atom stereocenters. The van der Waals surface area contributed by atoms with Crippen molar-refractivity contribution < 1.29 is 13.2 Å². The first-order chi connectivity index (χ1) is 11.9. The summed E-state index contributed by atoms with van der Waals surface area (Å²) in [6.45, 7) is 5.15. The standard InChI is InChI=1S/C19H28N2O3S/c1-14(2)20-25(23,24)18-9-5-8-16(12-18)19(22)21-11-10-15-6-3-4-7-17(15)13-21/h5,8-9,12,14-15,17,20H,3-4,6-7,10-11,13H2,1-2H3/t15-,17+/m1/s1. The van der Waals surface area contributed by atoms with Gasteiger partial charge in [-0.25, -0.2) is 13.1 Å². The molecule has 1 saturated heterocycles. The zero-order valence-electron chi connectivity index (χ0n) is 15.1. The van der Waals surface area contributed by atoms with E-state index in [1.807, 2.05) is 4.90 Å². The first-order valence-electron chi connectivity index (χ1n) is 9.28. The molecule has 3 rings (SSSR count). The number of rotatable bonds is 4. The van der Waals surface area contributed by atoms with Gasteiger partial charge in [-0.1, -0.05) is 25.3 Å². The molecule has 138 valence electrons. The number of sulfonamides is 1. The van der Waals surface area contributed by atoms with E-state index in [0.29, 0.717) is 11.5 Å². The highest BCUT2D eigenvalue weighted by molar-refractivity contribution is 7.89. The number of nitrogens with zero attached hydrogens (tertiary/aromatic N) is 1. The summed E-state index contributed by atoms with van der Waals surface area (Å²) in [6, 6.07) is 6.21. The van der Waals surface area contributed by atoms with Crippen LogP contribution < -0.4 is 4.72 Å². The molecule has 1 aliphatic carbocycles. The van der Waals surface area contributed by atoms with Gasteiger partial charge < -0.3 is 4.90 Å². The van der Waals surface area contributed by atoms with Crippen molar-refractivity contribution >= 4 is 15.9 Å². The summed E-state index contributed by atoms with van der Waals surface area (Å²) in [7, 11) is -3.59. The van der Waals surface area contributed by atoms with Crippen LogP contribution in [-0.2, 0) is 10.0 Å². The number of carbonyl (C=O) groups excluding carboxylic acids is 1. The van der Waals surface area contributed by atoms with Crippen molar-refractivity contribution in [3.63, 3.8) is 0 Å². The molecule has 1 aromatic carbocycles. The van der Waals surface area contributed by atoms with Gasteiger partial charge >= 0.3 is 0 Å². The summed E-state index contributed by atoms with van der Waals surface area (Å²) >= 11 is 0. The smallest absolute Gasteiger partial charge is 0.253 e. The van der Waals surface area contributed by atoms with Gasteiger partial charge in [-0.15, -0.1) is 0 Å². The number of amides is 1. The van der Waals surface area contributed by atoms with Crippen LogP contribution in [0.2, 0.25) is 0 Å². The van der Waals surface area contributed by atoms with Crippen LogP contribution in [0.5, 0.6) is 0 Å². The van der Waals surface area contributed by atoms with Gasteiger partial charge in [0.05, 0.1) is 4.90 Å². The lowest BCUT2D eigenvalue weighted by atomic mass is 9.75. The third-order valence-corrected chi connectivity index (χ3v) is 7.02. The number of hydrogen-bond donors (Lipinski definition) is 1. The Labute approximate surface area is 150 Å². The topological polar surface area (TPSA) is 66.5 Å². The van der Waals surface area contributed by atoms with Gasteiger partial charge in [0.2, 0.25) is 10.0 Å². The van der Waals surface area contributed by atoms with E-state index >= 15 is 0 Å². The van der Waals surface area contributed by atoms with Crippen LogP contribution in [0.1, 0.15) is 56.3 Å². The molecule has 1 N–H and O–H groups in total. The number of fused-ring (bicyclic) bond motifs is 1. The fraction of sp³-hybridized carbons (Fsp3) is 0.632. The maximum atomic E-state index is 12.9. The van der Waals surface area contributed by atoms with Gasteiger partial charge in [0.25, 0.3) is 5.91 Å². The highest BCUT2D eigenvalue weighted by Crippen LogP contribution is 2.36. The number of piperidine rings is 1. The minimum absolute atomic E-state index is 0.0504. The van der Waals surface area contributed by atoms with Crippen LogP contribution in [0.3, 0.4) is 0 Å². The first-order valence-corrected chi connectivity index (χ1v) is 10.8. The average molecular weight is 365 g/mol. The van der Waals surface area contributed by atoms with Gasteiger partial charge in [-0.2, -0.15) is 0 Å². The fourth-order valence-electron chi connectivity index (χ4n) is 4.14. The van der Waals surface area contributed by atoms with Crippen molar-refractivity contribution in [2.45, 2.75) is 56.9 Å². The molecule has 6 heteroatoms. The van der Waals surface area contributed by atoms with E-state index in [0.717, 1.165) is 25.4 Å². The Bertz CT molecular complexity index is 730. The Morgan fingerprint density at radius 3 is 2.60 bits per heavy atom. The second-order valence-corrected chi connectivity index (χ2v) is 9.36.